The molecule has 0 radical (unpaired) electrons. The molecule has 0 spiro atoms. The summed E-state index contributed by atoms with van der Waals surface area (Å²) in [4.78, 5) is 19.5. The van der Waals surface area contributed by atoms with Crippen LogP contribution in [0.1, 0.15) is 53.6 Å². The molecule has 0 fully saturated rings. The van der Waals surface area contributed by atoms with Crippen molar-refractivity contribution in [2.75, 3.05) is 11.9 Å². The van der Waals surface area contributed by atoms with Crippen LogP contribution < -0.4 is 10.1 Å². The fraction of sp³-hybridized carbons (Fsp3) is 0.310. The highest BCUT2D eigenvalue weighted by Gasteiger charge is 2.33. The molecule has 3 aromatic rings. The van der Waals surface area contributed by atoms with Crippen LogP contribution >= 0.6 is 11.3 Å². The van der Waals surface area contributed by atoms with Gasteiger partial charge in [-0.15, -0.1) is 11.3 Å². The first-order chi connectivity index (χ1) is 16.3. The van der Waals surface area contributed by atoms with Gasteiger partial charge in [0.15, 0.2) is 0 Å². The van der Waals surface area contributed by atoms with Crippen LogP contribution in [0.5, 0.6) is 5.75 Å². The molecule has 4 rings (SSSR count). The Morgan fingerprint density at radius 2 is 2.00 bits per heavy atom. The van der Waals surface area contributed by atoms with E-state index >= 15 is 0 Å². The number of anilines is 1. The second-order valence-electron chi connectivity index (χ2n) is 9.74. The lowest BCUT2D eigenvalue weighted by molar-refractivity contribution is 0.102. The number of nitrogens with zero attached hydrogens (tertiary/aromatic N) is 1. The van der Waals surface area contributed by atoms with Gasteiger partial charge in [-0.1, -0.05) is 63.8 Å². The van der Waals surface area contributed by atoms with Crippen LogP contribution in [0.15, 0.2) is 72.2 Å². The summed E-state index contributed by atoms with van der Waals surface area (Å²) < 4.78 is 5.64. The molecule has 2 aromatic carbocycles. The zero-order chi connectivity index (χ0) is 24.1. The van der Waals surface area contributed by atoms with Gasteiger partial charge >= 0.3 is 0 Å². The Hall–Kier alpha value is -3.18. The Morgan fingerprint density at radius 1 is 1.21 bits per heavy atom. The van der Waals surface area contributed by atoms with Gasteiger partial charge in [0.2, 0.25) is 0 Å². The number of thiophene rings is 1. The molecule has 1 atom stereocenters. The third kappa shape index (κ3) is 5.65. The zero-order valence-electron chi connectivity index (χ0n) is 20.1. The van der Waals surface area contributed by atoms with E-state index in [1.807, 2.05) is 60.8 Å². The molecule has 1 amide bonds. The van der Waals surface area contributed by atoms with Gasteiger partial charge in [0.1, 0.15) is 17.4 Å². The van der Waals surface area contributed by atoms with Gasteiger partial charge < -0.3 is 10.1 Å². The number of rotatable bonds is 7. The molecule has 1 aliphatic carbocycles. The van der Waals surface area contributed by atoms with E-state index in [1.165, 1.54) is 4.88 Å². The molecular weight excluding hydrogens is 440 g/mol. The topological polar surface area (TPSA) is 50.7 Å². The maximum atomic E-state index is 13.4. The number of aliphatic imine (C=N–C) groups is 1. The Bertz CT molecular complexity index is 1190. The fourth-order valence-electron chi connectivity index (χ4n) is 4.32. The highest BCUT2D eigenvalue weighted by molar-refractivity contribution is 7.16. The third-order valence-electron chi connectivity index (χ3n) is 6.29. The Labute approximate surface area is 206 Å². The first-order valence-electron chi connectivity index (χ1n) is 11.7. The minimum Gasteiger partial charge on any atom is -0.490 e. The van der Waals surface area contributed by atoms with Crippen LogP contribution in [0.25, 0.3) is 0 Å². The molecule has 0 unspecified atom stereocenters. The quantitative estimate of drug-likeness (QED) is 0.286. The Balaban J connectivity index is 1.67. The van der Waals surface area contributed by atoms with Crippen LogP contribution in [0.4, 0.5) is 10.7 Å². The first kappa shape index (κ1) is 24.0. The molecule has 0 bridgehead atoms. The highest BCUT2D eigenvalue weighted by Crippen LogP contribution is 2.45. The molecule has 1 aromatic heterocycles. The van der Waals surface area contributed by atoms with E-state index in [4.69, 9.17) is 9.73 Å². The summed E-state index contributed by atoms with van der Waals surface area (Å²) in [6, 6.07) is 17.4. The average Bonchev–Trinajstić information content (AvgIpc) is 3.19. The number of ether oxygens (including phenoxy) is 1. The van der Waals surface area contributed by atoms with E-state index < -0.39 is 0 Å². The van der Waals surface area contributed by atoms with Crippen molar-refractivity contribution in [2.45, 2.75) is 40.0 Å². The second-order valence-corrected chi connectivity index (χ2v) is 10.8. The molecule has 34 heavy (non-hydrogen) atoms. The van der Waals surface area contributed by atoms with E-state index in [0.717, 1.165) is 46.8 Å². The molecule has 0 saturated carbocycles. The van der Waals surface area contributed by atoms with Crippen molar-refractivity contribution in [1.82, 2.24) is 0 Å². The summed E-state index contributed by atoms with van der Waals surface area (Å²) >= 11 is 1.65. The number of carbonyl (C=O) groups excluding carboxylic acids is 1. The molecule has 0 aliphatic heterocycles. The smallest absolute Gasteiger partial charge is 0.259 e. The molecular formula is C29H32N2O2S. The maximum Gasteiger partial charge on any atom is 0.259 e. The SMILES string of the molecule is C=CCOc1cccc(C=Nc2sc3c(c2C(=O)Nc2ccccc2)CC[C@@H](C(C)(C)C)C3)c1. The minimum atomic E-state index is -0.0897. The Kier molecular flexibility index (Phi) is 7.32. The summed E-state index contributed by atoms with van der Waals surface area (Å²) in [7, 11) is 0. The second kappa shape index (κ2) is 10.4. The van der Waals surface area contributed by atoms with Crippen molar-refractivity contribution in [3.8, 4) is 5.75 Å². The van der Waals surface area contributed by atoms with E-state index in [2.05, 4.69) is 32.7 Å². The Morgan fingerprint density at radius 3 is 2.74 bits per heavy atom. The van der Waals surface area contributed by atoms with Gasteiger partial charge in [-0.2, -0.15) is 0 Å². The molecule has 5 heteroatoms. The molecule has 1 N–H and O–H groups in total. The number of amides is 1. The van der Waals surface area contributed by atoms with Gasteiger partial charge in [0.25, 0.3) is 5.91 Å². The number of carbonyl (C=O) groups is 1. The number of nitrogens with one attached hydrogen (secondary N) is 1. The lowest BCUT2D eigenvalue weighted by Crippen LogP contribution is -2.27. The van der Waals surface area contributed by atoms with Crippen molar-refractivity contribution in [1.29, 1.82) is 0 Å². The molecule has 1 aliphatic rings. The van der Waals surface area contributed by atoms with Crippen molar-refractivity contribution in [2.24, 2.45) is 16.3 Å². The number of para-hydroxylation sites is 1. The average molecular weight is 473 g/mol. The number of hydrogen-bond acceptors (Lipinski definition) is 4. The van der Waals surface area contributed by atoms with Crippen LogP contribution in [-0.2, 0) is 12.8 Å². The fourth-order valence-corrected chi connectivity index (χ4v) is 5.59. The van der Waals surface area contributed by atoms with Crippen molar-refractivity contribution in [3.05, 3.63) is 88.8 Å². The maximum absolute atomic E-state index is 13.4. The largest absolute Gasteiger partial charge is 0.490 e. The van der Waals surface area contributed by atoms with Crippen LogP contribution in [-0.4, -0.2) is 18.7 Å². The number of benzene rings is 2. The summed E-state index contributed by atoms with van der Waals surface area (Å²) in [6.07, 6.45) is 6.53. The van der Waals surface area contributed by atoms with Crippen molar-refractivity contribution in [3.63, 3.8) is 0 Å². The third-order valence-corrected chi connectivity index (χ3v) is 7.45. The van der Waals surface area contributed by atoms with Gasteiger partial charge in [0.05, 0.1) is 5.56 Å². The van der Waals surface area contributed by atoms with Crippen LogP contribution in [0.3, 0.4) is 0 Å². The summed E-state index contributed by atoms with van der Waals surface area (Å²) in [5.74, 6) is 1.27. The summed E-state index contributed by atoms with van der Waals surface area (Å²) in [5.41, 5.74) is 3.83. The lowest BCUT2D eigenvalue weighted by Gasteiger charge is -2.33. The monoisotopic (exact) mass is 472 g/mol. The summed E-state index contributed by atoms with van der Waals surface area (Å²) in [6.45, 7) is 11.1. The van der Waals surface area contributed by atoms with Crippen molar-refractivity contribution < 1.29 is 9.53 Å². The predicted molar refractivity (Wildman–Crippen MR) is 143 cm³/mol. The molecule has 176 valence electrons. The molecule has 0 saturated heterocycles. The van der Waals surface area contributed by atoms with Crippen LogP contribution in [0, 0.1) is 11.3 Å². The van der Waals surface area contributed by atoms with E-state index in [-0.39, 0.29) is 11.3 Å². The van der Waals surface area contributed by atoms with E-state index in [1.54, 1.807) is 17.4 Å². The zero-order valence-corrected chi connectivity index (χ0v) is 21.0. The van der Waals surface area contributed by atoms with Gasteiger partial charge in [0, 0.05) is 16.8 Å². The van der Waals surface area contributed by atoms with Crippen molar-refractivity contribution >= 4 is 34.1 Å². The van der Waals surface area contributed by atoms with Gasteiger partial charge in [-0.25, -0.2) is 4.99 Å². The van der Waals surface area contributed by atoms with Crippen LogP contribution in [0.2, 0.25) is 0 Å². The minimum absolute atomic E-state index is 0.0897. The molecule has 1 heterocycles. The standard InChI is InChI=1S/C29H32N2O2S/c1-5-16-33-23-13-9-10-20(17-23)19-30-28-26(27(32)31-22-11-7-6-8-12-22)24-15-14-21(29(2,3)4)18-25(24)34-28/h5-13,17,19,21H,1,14-16,18H2,2-4H3,(H,31,32)/t21-/m1/s1. The predicted octanol–water partition coefficient (Wildman–Crippen LogP) is 7.47. The first-order valence-corrected chi connectivity index (χ1v) is 12.6. The van der Waals surface area contributed by atoms with Gasteiger partial charge in [-0.3, -0.25) is 4.79 Å². The summed E-state index contributed by atoms with van der Waals surface area (Å²) in [5, 5.41) is 3.84. The van der Waals surface area contributed by atoms with E-state index in [0.29, 0.717) is 18.1 Å². The number of fused-ring (bicyclic) bond motifs is 1. The highest BCUT2D eigenvalue weighted by atomic mass is 32.1. The lowest BCUT2D eigenvalue weighted by atomic mass is 9.72. The van der Waals surface area contributed by atoms with Gasteiger partial charge in [-0.05, 0) is 66.0 Å². The number of hydrogen-bond donors (Lipinski definition) is 1. The molecule has 4 nitrogen and oxygen atoms in total. The van der Waals surface area contributed by atoms with E-state index in [9.17, 15) is 4.79 Å². The normalized spacial score (nSPS) is 15.7.